The SMILES string of the molecule is N#Cc1ccc(OCCF)cc1Cl. The molecule has 4 heteroatoms. The summed E-state index contributed by atoms with van der Waals surface area (Å²) in [6, 6.07) is 6.53. The van der Waals surface area contributed by atoms with Crippen molar-refractivity contribution in [3.63, 3.8) is 0 Å². The third-order valence-corrected chi connectivity index (χ3v) is 1.72. The number of rotatable bonds is 3. The molecule has 0 heterocycles. The van der Waals surface area contributed by atoms with Crippen LogP contribution in [-0.4, -0.2) is 13.3 Å². The molecule has 0 fully saturated rings. The zero-order chi connectivity index (χ0) is 9.68. The third-order valence-electron chi connectivity index (χ3n) is 1.41. The molecule has 0 unspecified atom stereocenters. The van der Waals surface area contributed by atoms with Gasteiger partial charge in [-0.1, -0.05) is 11.6 Å². The monoisotopic (exact) mass is 199 g/mol. The van der Waals surface area contributed by atoms with Gasteiger partial charge in [-0.3, -0.25) is 0 Å². The minimum absolute atomic E-state index is 0.00221. The van der Waals surface area contributed by atoms with Crippen LogP contribution in [0.25, 0.3) is 0 Å². The standard InChI is InChI=1S/C9H7ClFNO/c10-9-5-8(13-4-3-11)2-1-7(9)6-12/h1-2,5H,3-4H2. The second kappa shape index (κ2) is 4.68. The van der Waals surface area contributed by atoms with Crippen LogP contribution in [0.5, 0.6) is 5.75 Å². The Labute approximate surface area is 80.5 Å². The normalized spacial score (nSPS) is 9.31. The largest absolute Gasteiger partial charge is 0.491 e. The summed E-state index contributed by atoms with van der Waals surface area (Å²) in [6.45, 7) is -0.542. The molecular weight excluding hydrogens is 193 g/mol. The summed E-state index contributed by atoms with van der Waals surface area (Å²) in [6.07, 6.45) is 0. The number of hydrogen-bond acceptors (Lipinski definition) is 2. The molecular formula is C9H7ClFNO. The van der Waals surface area contributed by atoms with Crippen molar-refractivity contribution in [1.29, 1.82) is 5.26 Å². The summed E-state index contributed by atoms with van der Waals surface area (Å²) in [7, 11) is 0. The Morgan fingerprint density at radius 1 is 1.54 bits per heavy atom. The predicted molar refractivity (Wildman–Crippen MR) is 47.6 cm³/mol. The zero-order valence-electron chi connectivity index (χ0n) is 6.76. The molecule has 0 N–H and O–H groups in total. The highest BCUT2D eigenvalue weighted by atomic mass is 35.5. The second-order valence-corrected chi connectivity index (χ2v) is 2.70. The van der Waals surface area contributed by atoms with Gasteiger partial charge < -0.3 is 4.74 Å². The molecule has 0 radical (unpaired) electrons. The average Bonchev–Trinajstić information content (AvgIpc) is 2.15. The number of benzene rings is 1. The van der Waals surface area contributed by atoms with E-state index in [-0.39, 0.29) is 6.61 Å². The number of ether oxygens (including phenoxy) is 1. The summed E-state index contributed by atoms with van der Waals surface area (Å²) >= 11 is 5.71. The Morgan fingerprint density at radius 2 is 2.31 bits per heavy atom. The molecule has 0 aliphatic carbocycles. The van der Waals surface area contributed by atoms with Crippen molar-refractivity contribution in [3.8, 4) is 11.8 Å². The molecule has 0 aliphatic heterocycles. The first kappa shape index (κ1) is 9.82. The van der Waals surface area contributed by atoms with E-state index in [0.29, 0.717) is 16.3 Å². The maximum Gasteiger partial charge on any atom is 0.123 e. The van der Waals surface area contributed by atoms with Gasteiger partial charge in [-0.2, -0.15) is 5.26 Å². The maximum absolute atomic E-state index is 11.7. The van der Waals surface area contributed by atoms with Gasteiger partial charge in [0, 0.05) is 6.07 Å². The Hall–Kier alpha value is -1.27. The fourth-order valence-corrected chi connectivity index (χ4v) is 1.05. The second-order valence-electron chi connectivity index (χ2n) is 2.29. The average molecular weight is 200 g/mol. The van der Waals surface area contributed by atoms with Crippen LogP contribution in [0.4, 0.5) is 4.39 Å². The fraction of sp³-hybridized carbons (Fsp3) is 0.222. The summed E-state index contributed by atoms with van der Waals surface area (Å²) in [4.78, 5) is 0. The molecule has 1 aromatic carbocycles. The zero-order valence-corrected chi connectivity index (χ0v) is 7.51. The molecule has 0 saturated carbocycles. The van der Waals surface area contributed by atoms with Crippen molar-refractivity contribution in [2.24, 2.45) is 0 Å². The quantitative estimate of drug-likeness (QED) is 0.750. The Morgan fingerprint density at radius 3 is 2.85 bits per heavy atom. The van der Waals surface area contributed by atoms with E-state index in [1.54, 1.807) is 6.07 Å². The van der Waals surface area contributed by atoms with Crippen molar-refractivity contribution in [1.82, 2.24) is 0 Å². The highest BCUT2D eigenvalue weighted by Crippen LogP contribution is 2.21. The molecule has 0 spiro atoms. The van der Waals surface area contributed by atoms with Gasteiger partial charge in [0.2, 0.25) is 0 Å². The third kappa shape index (κ3) is 2.60. The Balaban J connectivity index is 2.79. The van der Waals surface area contributed by atoms with Crippen LogP contribution in [0.15, 0.2) is 18.2 Å². The lowest BCUT2D eigenvalue weighted by molar-refractivity contribution is 0.273. The molecule has 1 rings (SSSR count). The van der Waals surface area contributed by atoms with Crippen molar-refractivity contribution >= 4 is 11.6 Å². The molecule has 13 heavy (non-hydrogen) atoms. The number of nitrogens with zero attached hydrogens (tertiary/aromatic N) is 1. The predicted octanol–water partition coefficient (Wildman–Crippen LogP) is 2.56. The van der Waals surface area contributed by atoms with Gasteiger partial charge >= 0.3 is 0 Å². The lowest BCUT2D eigenvalue weighted by Crippen LogP contribution is -1.98. The van der Waals surface area contributed by atoms with Gasteiger partial charge in [-0.25, -0.2) is 4.39 Å². The Bertz CT molecular complexity index is 335. The molecule has 0 saturated heterocycles. The number of nitriles is 1. The van der Waals surface area contributed by atoms with Crippen LogP contribution in [0.2, 0.25) is 5.02 Å². The van der Waals surface area contributed by atoms with Gasteiger partial charge in [-0.05, 0) is 12.1 Å². The minimum atomic E-state index is -0.544. The summed E-state index contributed by atoms with van der Waals surface area (Å²) in [5.41, 5.74) is 0.384. The highest BCUT2D eigenvalue weighted by molar-refractivity contribution is 6.31. The van der Waals surface area contributed by atoms with Crippen LogP contribution in [0.3, 0.4) is 0 Å². The molecule has 68 valence electrons. The highest BCUT2D eigenvalue weighted by Gasteiger charge is 2.00. The summed E-state index contributed by atoms with van der Waals surface area (Å²) in [5, 5.41) is 8.87. The first-order chi connectivity index (χ1) is 6.27. The van der Waals surface area contributed by atoms with Gasteiger partial charge in [0.05, 0.1) is 10.6 Å². The van der Waals surface area contributed by atoms with Crippen molar-refractivity contribution in [2.45, 2.75) is 0 Å². The van der Waals surface area contributed by atoms with E-state index >= 15 is 0 Å². The maximum atomic E-state index is 11.7. The smallest absolute Gasteiger partial charge is 0.123 e. The van der Waals surface area contributed by atoms with Crippen LogP contribution >= 0.6 is 11.6 Å². The van der Waals surface area contributed by atoms with Crippen molar-refractivity contribution in [2.75, 3.05) is 13.3 Å². The molecule has 2 nitrogen and oxygen atoms in total. The van der Waals surface area contributed by atoms with E-state index in [4.69, 9.17) is 21.6 Å². The van der Waals surface area contributed by atoms with Crippen LogP contribution in [0, 0.1) is 11.3 Å². The molecule has 0 atom stereocenters. The van der Waals surface area contributed by atoms with Crippen LogP contribution < -0.4 is 4.74 Å². The summed E-state index contributed by atoms with van der Waals surface area (Å²) in [5.74, 6) is 0.474. The molecule has 0 aliphatic rings. The van der Waals surface area contributed by atoms with Crippen LogP contribution in [0.1, 0.15) is 5.56 Å². The number of halogens is 2. The van der Waals surface area contributed by atoms with Gasteiger partial charge in [0.15, 0.2) is 0 Å². The van der Waals surface area contributed by atoms with Crippen molar-refractivity contribution < 1.29 is 9.13 Å². The fourth-order valence-electron chi connectivity index (χ4n) is 0.833. The van der Waals surface area contributed by atoms with Gasteiger partial charge in [0.1, 0.15) is 25.1 Å². The van der Waals surface area contributed by atoms with E-state index in [2.05, 4.69) is 0 Å². The first-order valence-corrected chi connectivity index (χ1v) is 4.04. The van der Waals surface area contributed by atoms with Gasteiger partial charge in [0.25, 0.3) is 0 Å². The van der Waals surface area contributed by atoms with E-state index < -0.39 is 6.67 Å². The van der Waals surface area contributed by atoms with Crippen LogP contribution in [-0.2, 0) is 0 Å². The van der Waals surface area contributed by atoms with E-state index in [9.17, 15) is 4.39 Å². The number of hydrogen-bond donors (Lipinski definition) is 0. The van der Waals surface area contributed by atoms with Crippen molar-refractivity contribution in [3.05, 3.63) is 28.8 Å². The first-order valence-electron chi connectivity index (χ1n) is 3.66. The lowest BCUT2D eigenvalue weighted by Gasteiger charge is -2.03. The molecule has 0 amide bonds. The van der Waals surface area contributed by atoms with Gasteiger partial charge in [-0.15, -0.1) is 0 Å². The topological polar surface area (TPSA) is 33.0 Å². The minimum Gasteiger partial charge on any atom is -0.491 e. The van der Waals surface area contributed by atoms with E-state index in [1.807, 2.05) is 6.07 Å². The van der Waals surface area contributed by atoms with E-state index in [0.717, 1.165) is 0 Å². The molecule has 1 aromatic rings. The Kier molecular flexibility index (Phi) is 3.53. The summed E-state index contributed by atoms with van der Waals surface area (Å²) < 4.78 is 16.7. The lowest BCUT2D eigenvalue weighted by atomic mass is 10.2. The van der Waals surface area contributed by atoms with E-state index in [1.165, 1.54) is 12.1 Å². The number of alkyl halides is 1. The molecule has 0 bridgehead atoms. The molecule has 0 aromatic heterocycles.